The molecular weight excluding hydrogens is 372 g/mol. The van der Waals surface area contributed by atoms with Gasteiger partial charge in [0.2, 0.25) is 5.91 Å². The van der Waals surface area contributed by atoms with Gasteiger partial charge in [-0.25, -0.2) is 0 Å². The average Bonchev–Trinajstić information content (AvgIpc) is 3.41. The summed E-state index contributed by atoms with van der Waals surface area (Å²) in [6, 6.07) is 3.98. The number of nitrogens with zero attached hydrogens (tertiary/aromatic N) is 3. The maximum absolute atomic E-state index is 13.0. The predicted molar refractivity (Wildman–Crippen MR) is 98.0 cm³/mol. The van der Waals surface area contributed by atoms with Gasteiger partial charge in [-0.05, 0) is 35.8 Å². The second-order valence-electron chi connectivity index (χ2n) is 6.80. The van der Waals surface area contributed by atoms with Crippen molar-refractivity contribution in [1.29, 1.82) is 0 Å². The molecule has 1 atom stereocenters. The zero-order chi connectivity index (χ0) is 18.0. The lowest BCUT2D eigenvalue weighted by atomic mass is 9.72. The molecule has 4 rings (SSSR count). The van der Waals surface area contributed by atoms with Crippen LogP contribution in [0, 0.1) is 11.3 Å². The van der Waals surface area contributed by atoms with Gasteiger partial charge in [-0.3, -0.25) is 9.59 Å². The lowest BCUT2D eigenvalue weighted by Gasteiger charge is -2.37. The first-order chi connectivity index (χ1) is 12.7. The number of aromatic nitrogens is 2. The smallest absolute Gasteiger partial charge is 0.275 e. The van der Waals surface area contributed by atoms with Crippen LogP contribution < -0.4 is 5.32 Å². The fourth-order valence-electron chi connectivity index (χ4n) is 3.90. The first-order valence-electron chi connectivity index (χ1n) is 8.62. The molecule has 26 heavy (non-hydrogen) atoms. The van der Waals surface area contributed by atoms with E-state index < -0.39 is 0 Å². The molecule has 0 aliphatic carbocycles. The third kappa shape index (κ3) is 3.38. The molecule has 0 aromatic carbocycles. The maximum Gasteiger partial charge on any atom is 0.275 e. The van der Waals surface area contributed by atoms with Crippen molar-refractivity contribution >= 4 is 34.7 Å². The van der Waals surface area contributed by atoms with Gasteiger partial charge in [0, 0.05) is 42.0 Å². The Morgan fingerprint density at radius 2 is 2.23 bits per heavy atom. The Bertz CT molecular complexity index is 757. The van der Waals surface area contributed by atoms with Crippen molar-refractivity contribution in [3.05, 3.63) is 33.5 Å². The number of rotatable bonds is 4. The largest absolute Gasteiger partial charge is 0.381 e. The van der Waals surface area contributed by atoms with Crippen LogP contribution >= 0.6 is 22.9 Å². The third-order valence-corrected chi connectivity index (χ3v) is 6.72. The SMILES string of the molecule is O=C(NCc1cccs1)C1CN(C(=O)c2csnn2)CC12CCOCC2. The van der Waals surface area contributed by atoms with Gasteiger partial charge in [-0.15, -0.1) is 16.4 Å². The van der Waals surface area contributed by atoms with E-state index in [0.717, 1.165) is 29.3 Å². The molecular formula is C17H20N4O3S2. The molecule has 4 heterocycles. The van der Waals surface area contributed by atoms with Crippen LogP contribution in [0.4, 0.5) is 0 Å². The number of carbonyl (C=O) groups is 2. The van der Waals surface area contributed by atoms with Crippen molar-refractivity contribution in [1.82, 2.24) is 19.8 Å². The Kier molecular flexibility index (Phi) is 5.01. The normalized spacial score (nSPS) is 21.8. The summed E-state index contributed by atoms with van der Waals surface area (Å²) in [5.74, 6) is -0.341. The van der Waals surface area contributed by atoms with E-state index in [9.17, 15) is 9.59 Å². The van der Waals surface area contributed by atoms with Gasteiger partial charge in [0.15, 0.2) is 5.69 Å². The Morgan fingerprint density at radius 3 is 2.92 bits per heavy atom. The molecule has 1 unspecified atom stereocenters. The van der Waals surface area contributed by atoms with Crippen molar-refractivity contribution in [3.63, 3.8) is 0 Å². The van der Waals surface area contributed by atoms with Crippen LogP contribution in [0.1, 0.15) is 28.2 Å². The number of amides is 2. The summed E-state index contributed by atoms with van der Waals surface area (Å²) in [6.45, 7) is 2.80. The summed E-state index contributed by atoms with van der Waals surface area (Å²) in [4.78, 5) is 28.6. The molecule has 2 aliphatic heterocycles. The van der Waals surface area contributed by atoms with E-state index in [1.807, 2.05) is 17.5 Å². The Balaban J connectivity index is 1.50. The second kappa shape index (κ2) is 7.42. The van der Waals surface area contributed by atoms with Crippen LogP contribution in [0.15, 0.2) is 22.9 Å². The van der Waals surface area contributed by atoms with Gasteiger partial charge in [0.05, 0.1) is 12.5 Å². The third-order valence-electron chi connectivity index (χ3n) is 5.34. The standard InChI is InChI=1S/C17H20N4O3S2/c22-15(18-8-12-2-1-7-25-12)13-9-21(16(23)14-10-26-20-19-14)11-17(13)3-5-24-6-4-17/h1-2,7,10,13H,3-6,8-9,11H2,(H,18,22). The lowest BCUT2D eigenvalue weighted by molar-refractivity contribution is -0.130. The molecule has 2 aromatic heterocycles. The molecule has 1 spiro atoms. The van der Waals surface area contributed by atoms with E-state index in [1.165, 1.54) is 0 Å². The van der Waals surface area contributed by atoms with E-state index in [2.05, 4.69) is 14.9 Å². The quantitative estimate of drug-likeness (QED) is 0.857. The van der Waals surface area contributed by atoms with Crippen molar-refractivity contribution in [2.24, 2.45) is 11.3 Å². The Morgan fingerprint density at radius 1 is 1.38 bits per heavy atom. The highest BCUT2D eigenvalue weighted by atomic mass is 32.1. The van der Waals surface area contributed by atoms with E-state index >= 15 is 0 Å². The minimum atomic E-state index is -0.220. The second-order valence-corrected chi connectivity index (χ2v) is 8.44. The molecule has 2 fully saturated rings. The van der Waals surface area contributed by atoms with Crippen molar-refractivity contribution < 1.29 is 14.3 Å². The summed E-state index contributed by atoms with van der Waals surface area (Å²) >= 11 is 2.79. The van der Waals surface area contributed by atoms with Gasteiger partial charge < -0.3 is 15.0 Å². The predicted octanol–water partition coefficient (Wildman–Crippen LogP) is 1.78. The van der Waals surface area contributed by atoms with Crippen molar-refractivity contribution in [3.8, 4) is 0 Å². The first-order valence-corrected chi connectivity index (χ1v) is 10.3. The van der Waals surface area contributed by atoms with Crippen LogP contribution in [0.3, 0.4) is 0 Å². The van der Waals surface area contributed by atoms with Crippen LogP contribution in [-0.4, -0.2) is 52.6 Å². The minimum Gasteiger partial charge on any atom is -0.381 e. The topological polar surface area (TPSA) is 84.4 Å². The van der Waals surface area contributed by atoms with Crippen molar-refractivity contribution in [2.45, 2.75) is 19.4 Å². The summed E-state index contributed by atoms with van der Waals surface area (Å²) in [7, 11) is 0. The molecule has 9 heteroatoms. The molecule has 2 saturated heterocycles. The van der Waals surface area contributed by atoms with Gasteiger partial charge >= 0.3 is 0 Å². The molecule has 0 saturated carbocycles. The number of thiophene rings is 1. The van der Waals surface area contributed by atoms with Gasteiger partial charge in [0.25, 0.3) is 5.91 Å². The van der Waals surface area contributed by atoms with Gasteiger partial charge in [0.1, 0.15) is 0 Å². The van der Waals surface area contributed by atoms with E-state index in [1.54, 1.807) is 21.6 Å². The van der Waals surface area contributed by atoms with E-state index in [-0.39, 0.29) is 23.1 Å². The zero-order valence-corrected chi connectivity index (χ0v) is 15.9. The van der Waals surface area contributed by atoms with Crippen LogP contribution in [0.2, 0.25) is 0 Å². The highest BCUT2D eigenvalue weighted by Gasteiger charge is 2.51. The lowest BCUT2D eigenvalue weighted by Crippen LogP contribution is -2.44. The average molecular weight is 393 g/mol. The van der Waals surface area contributed by atoms with Crippen LogP contribution in [-0.2, 0) is 16.1 Å². The Hall–Kier alpha value is -1.84. The number of carbonyl (C=O) groups excluding carboxylic acids is 2. The van der Waals surface area contributed by atoms with Crippen LogP contribution in [0.25, 0.3) is 0 Å². The number of hydrogen-bond acceptors (Lipinski definition) is 7. The fourth-order valence-corrected chi connectivity index (χ4v) is 4.97. The number of likely N-dealkylation sites (tertiary alicyclic amines) is 1. The summed E-state index contributed by atoms with van der Waals surface area (Å²) < 4.78 is 9.29. The fraction of sp³-hybridized carbons (Fsp3) is 0.529. The zero-order valence-electron chi connectivity index (χ0n) is 14.2. The molecule has 1 N–H and O–H groups in total. The molecule has 2 aliphatic rings. The number of ether oxygens (including phenoxy) is 1. The molecule has 0 bridgehead atoms. The number of hydrogen-bond donors (Lipinski definition) is 1. The summed E-state index contributed by atoms with van der Waals surface area (Å²) in [5.41, 5.74) is 0.147. The van der Waals surface area contributed by atoms with Crippen molar-refractivity contribution in [2.75, 3.05) is 26.3 Å². The summed E-state index contributed by atoms with van der Waals surface area (Å²) in [6.07, 6.45) is 1.59. The van der Waals surface area contributed by atoms with Gasteiger partial charge in [-0.2, -0.15) is 0 Å². The number of nitrogens with one attached hydrogen (secondary N) is 1. The first kappa shape index (κ1) is 17.6. The van der Waals surface area contributed by atoms with Crippen LogP contribution in [0.5, 0.6) is 0 Å². The summed E-state index contributed by atoms with van der Waals surface area (Å²) in [5, 5.41) is 10.6. The van der Waals surface area contributed by atoms with Gasteiger partial charge in [-0.1, -0.05) is 10.6 Å². The molecule has 2 aromatic rings. The monoisotopic (exact) mass is 392 g/mol. The van der Waals surface area contributed by atoms with E-state index in [4.69, 9.17) is 4.74 Å². The maximum atomic E-state index is 13.0. The molecule has 0 radical (unpaired) electrons. The van der Waals surface area contributed by atoms with E-state index in [0.29, 0.717) is 38.5 Å². The Labute approximate surface area is 159 Å². The highest BCUT2D eigenvalue weighted by molar-refractivity contribution is 7.09. The highest BCUT2D eigenvalue weighted by Crippen LogP contribution is 2.44. The molecule has 7 nitrogen and oxygen atoms in total. The molecule has 2 amide bonds. The molecule has 138 valence electrons. The minimum absolute atomic E-state index is 0.0204.